The zero-order valence-electron chi connectivity index (χ0n) is 17.4. The Morgan fingerprint density at radius 2 is 2.00 bits per heavy atom. The van der Waals surface area contributed by atoms with Crippen molar-refractivity contribution in [1.82, 2.24) is 5.43 Å². The van der Waals surface area contributed by atoms with E-state index in [1.807, 2.05) is 12.1 Å². The zero-order chi connectivity index (χ0) is 23.1. The SMILES string of the molecule is COc1ccc(C=NNC(=O)c2cccc(Br)c2)cc1COc1ccc([N+](=O)[O-])c(C)c1. The molecule has 3 aromatic carbocycles. The van der Waals surface area contributed by atoms with Gasteiger partial charge in [0.25, 0.3) is 11.6 Å². The Morgan fingerprint density at radius 1 is 1.19 bits per heavy atom. The van der Waals surface area contributed by atoms with Crippen molar-refractivity contribution in [3.63, 3.8) is 0 Å². The number of carbonyl (C=O) groups is 1. The summed E-state index contributed by atoms with van der Waals surface area (Å²) in [5.41, 5.74) is 5.02. The van der Waals surface area contributed by atoms with Crippen molar-refractivity contribution in [3.05, 3.63) is 97.5 Å². The highest BCUT2D eigenvalue weighted by atomic mass is 79.9. The molecule has 32 heavy (non-hydrogen) atoms. The van der Waals surface area contributed by atoms with E-state index in [1.54, 1.807) is 56.5 Å². The van der Waals surface area contributed by atoms with Gasteiger partial charge >= 0.3 is 0 Å². The van der Waals surface area contributed by atoms with Gasteiger partial charge in [0, 0.05) is 27.2 Å². The van der Waals surface area contributed by atoms with E-state index in [2.05, 4.69) is 26.5 Å². The molecule has 0 spiro atoms. The van der Waals surface area contributed by atoms with Gasteiger partial charge in [-0.3, -0.25) is 14.9 Å². The molecule has 1 amide bonds. The Labute approximate surface area is 193 Å². The lowest BCUT2D eigenvalue weighted by atomic mass is 10.1. The van der Waals surface area contributed by atoms with Crippen molar-refractivity contribution in [2.75, 3.05) is 7.11 Å². The van der Waals surface area contributed by atoms with Crippen LogP contribution in [0.1, 0.15) is 27.0 Å². The molecule has 0 unspecified atom stereocenters. The maximum absolute atomic E-state index is 12.2. The first-order valence-electron chi connectivity index (χ1n) is 9.51. The molecule has 8 nitrogen and oxygen atoms in total. The van der Waals surface area contributed by atoms with Crippen LogP contribution >= 0.6 is 15.9 Å². The molecule has 0 fully saturated rings. The first kappa shape index (κ1) is 23.0. The van der Waals surface area contributed by atoms with Crippen LogP contribution in [0.25, 0.3) is 0 Å². The van der Waals surface area contributed by atoms with E-state index in [1.165, 1.54) is 12.3 Å². The number of nitro benzene ring substituents is 1. The van der Waals surface area contributed by atoms with Gasteiger partial charge in [-0.2, -0.15) is 5.10 Å². The lowest BCUT2D eigenvalue weighted by Gasteiger charge is -2.11. The summed E-state index contributed by atoms with van der Waals surface area (Å²) >= 11 is 3.33. The second kappa shape index (κ2) is 10.5. The first-order chi connectivity index (χ1) is 15.4. The molecule has 0 heterocycles. The fourth-order valence-electron chi connectivity index (χ4n) is 2.93. The van der Waals surface area contributed by atoms with Crippen LogP contribution in [0.5, 0.6) is 11.5 Å². The Hall–Kier alpha value is -3.72. The normalized spacial score (nSPS) is 10.7. The summed E-state index contributed by atoms with van der Waals surface area (Å²) in [6.07, 6.45) is 1.52. The number of amides is 1. The lowest BCUT2D eigenvalue weighted by molar-refractivity contribution is -0.385. The van der Waals surface area contributed by atoms with Crippen molar-refractivity contribution >= 4 is 33.7 Å². The molecule has 0 radical (unpaired) electrons. The molecule has 0 aliphatic heterocycles. The predicted octanol–water partition coefficient (Wildman–Crippen LogP) is 5.02. The van der Waals surface area contributed by atoms with Crippen LogP contribution in [0.2, 0.25) is 0 Å². The summed E-state index contributed by atoms with van der Waals surface area (Å²) in [6, 6.07) is 17.0. The molecule has 0 bridgehead atoms. The van der Waals surface area contributed by atoms with E-state index in [4.69, 9.17) is 9.47 Å². The number of halogens is 1. The monoisotopic (exact) mass is 497 g/mol. The molecule has 0 atom stereocenters. The third kappa shape index (κ3) is 5.92. The van der Waals surface area contributed by atoms with E-state index < -0.39 is 4.92 Å². The van der Waals surface area contributed by atoms with E-state index in [0.717, 1.165) is 15.6 Å². The smallest absolute Gasteiger partial charge is 0.272 e. The van der Waals surface area contributed by atoms with Crippen molar-refractivity contribution in [3.8, 4) is 11.5 Å². The van der Waals surface area contributed by atoms with Crippen LogP contribution in [0, 0.1) is 17.0 Å². The van der Waals surface area contributed by atoms with Gasteiger partial charge in [0.15, 0.2) is 0 Å². The average Bonchev–Trinajstić information content (AvgIpc) is 2.77. The number of benzene rings is 3. The Balaban J connectivity index is 1.68. The maximum Gasteiger partial charge on any atom is 0.272 e. The molecule has 3 aromatic rings. The average molecular weight is 498 g/mol. The van der Waals surface area contributed by atoms with E-state index in [0.29, 0.717) is 22.6 Å². The van der Waals surface area contributed by atoms with Gasteiger partial charge in [-0.25, -0.2) is 5.43 Å². The number of nitrogens with zero attached hydrogens (tertiary/aromatic N) is 2. The van der Waals surface area contributed by atoms with E-state index in [-0.39, 0.29) is 18.2 Å². The maximum atomic E-state index is 12.2. The van der Waals surface area contributed by atoms with E-state index >= 15 is 0 Å². The van der Waals surface area contributed by atoms with Crippen molar-refractivity contribution in [2.45, 2.75) is 13.5 Å². The first-order valence-corrected chi connectivity index (χ1v) is 10.3. The zero-order valence-corrected chi connectivity index (χ0v) is 19.0. The van der Waals surface area contributed by atoms with Gasteiger partial charge in [0.1, 0.15) is 18.1 Å². The number of methoxy groups -OCH3 is 1. The minimum absolute atomic E-state index is 0.0399. The second-order valence-electron chi connectivity index (χ2n) is 6.77. The lowest BCUT2D eigenvalue weighted by Crippen LogP contribution is -2.17. The summed E-state index contributed by atoms with van der Waals surface area (Å²) in [5, 5.41) is 15.0. The molecule has 0 aliphatic carbocycles. The summed E-state index contributed by atoms with van der Waals surface area (Å²) in [4.78, 5) is 22.7. The highest BCUT2D eigenvalue weighted by Gasteiger charge is 2.12. The molecular formula is C23H20BrN3O5. The van der Waals surface area contributed by atoms with Crippen molar-refractivity contribution in [2.24, 2.45) is 5.10 Å². The van der Waals surface area contributed by atoms with Gasteiger partial charge in [0.2, 0.25) is 0 Å². The highest BCUT2D eigenvalue weighted by Crippen LogP contribution is 2.26. The standard InChI is InChI=1S/C23H20BrN3O5/c1-15-10-20(7-8-21(15)27(29)30)32-14-18-11-16(6-9-22(18)31-2)13-25-26-23(28)17-4-3-5-19(24)12-17/h3-13H,14H2,1-2H3,(H,26,28). The van der Waals surface area contributed by atoms with Crippen LogP contribution in [0.4, 0.5) is 5.69 Å². The van der Waals surface area contributed by atoms with Gasteiger partial charge in [-0.05, 0) is 61.0 Å². The molecule has 0 saturated heterocycles. The van der Waals surface area contributed by atoms with Gasteiger partial charge in [-0.15, -0.1) is 0 Å². The third-order valence-corrected chi connectivity index (χ3v) is 5.02. The Kier molecular flexibility index (Phi) is 7.56. The number of ether oxygens (including phenoxy) is 2. The van der Waals surface area contributed by atoms with Crippen LogP contribution in [-0.4, -0.2) is 24.2 Å². The van der Waals surface area contributed by atoms with Crippen LogP contribution in [0.3, 0.4) is 0 Å². The molecule has 0 aromatic heterocycles. The summed E-state index contributed by atoms with van der Waals surface area (Å²) < 4.78 is 12.0. The minimum Gasteiger partial charge on any atom is -0.496 e. The predicted molar refractivity (Wildman–Crippen MR) is 124 cm³/mol. The third-order valence-electron chi connectivity index (χ3n) is 4.53. The summed E-state index contributed by atoms with van der Waals surface area (Å²) in [7, 11) is 1.56. The Morgan fingerprint density at radius 3 is 2.69 bits per heavy atom. The van der Waals surface area contributed by atoms with E-state index in [9.17, 15) is 14.9 Å². The van der Waals surface area contributed by atoms with Gasteiger partial charge < -0.3 is 9.47 Å². The fourth-order valence-corrected chi connectivity index (χ4v) is 3.33. The molecule has 0 saturated carbocycles. The molecule has 9 heteroatoms. The molecular weight excluding hydrogens is 478 g/mol. The number of carbonyl (C=O) groups excluding carboxylic acids is 1. The number of nitrogens with one attached hydrogen (secondary N) is 1. The van der Waals surface area contributed by atoms with Crippen LogP contribution in [0.15, 0.2) is 70.2 Å². The number of hydrogen-bond donors (Lipinski definition) is 1. The molecule has 164 valence electrons. The molecule has 0 aliphatic rings. The fraction of sp³-hybridized carbons (Fsp3) is 0.130. The highest BCUT2D eigenvalue weighted by molar-refractivity contribution is 9.10. The van der Waals surface area contributed by atoms with Crippen LogP contribution in [-0.2, 0) is 6.61 Å². The number of rotatable bonds is 8. The van der Waals surface area contributed by atoms with Crippen molar-refractivity contribution < 1.29 is 19.2 Å². The number of nitro groups is 1. The van der Waals surface area contributed by atoms with Crippen molar-refractivity contribution in [1.29, 1.82) is 0 Å². The quantitative estimate of drug-likeness (QED) is 0.267. The number of hydrazone groups is 1. The molecule has 3 rings (SSSR count). The topological polar surface area (TPSA) is 103 Å². The largest absolute Gasteiger partial charge is 0.496 e. The molecule has 1 N–H and O–H groups in total. The number of aryl methyl sites for hydroxylation is 1. The van der Waals surface area contributed by atoms with Crippen LogP contribution < -0.4 is 14.9 Å². The summed E-state index contributed by atoms with van der Waals surface area (Å²) in [6.45, 7) is 1.84. The minimum atomic E-state index is -0.430. The van der Waals surface area contributed by atoms with Gasteiger partial charge in [0.05, 0.1) is 18.2 Å². The number of hydrogen-bond acceptors (Lipinski definition) is 6. The van der Waals surface area contributed by atoms with Gasteiger partial charge in [-0.1, -0.05) is 22.0 Å². The Bertz CT molecular complexity index is 1180. The summed E-state index contributed by atoms with van der Waals surface area (Å²) in [5.74, 6) is 0.808. The second-order valence-corrected chi connectivity index (χ2v) is 7.69.